The van der Waals surface area contributed by atoms with Gasteiger partial charge in [-0.15, -0.1) is 0 Å². The zero-order chi connectivity index (χ0) is 10.9. The summed E-state index contributed by atoms with van der Waals surface area (Å²) < 4.78 is 7.34. The van der Waals surface area contributed by atoms with Gasteiger partial charge in [0.1, 0.15) is 0 Å². The minimum atomic E-state index is 0.795. The zero-order valence-corrected chi connectivity index (χ0v) is 9.70. The van der Waals surface area contributed by atoms with E-state index in [1.807, 2.05) is 17.8 Å². The molecule has 0 aliphatic carbocycles. The van der Waals surface area contributed by atoms with Gasteiger partial charge in [0.15, 0.2) is 0 Å². The number of nitrogens with one attached hydrogen (secondary N) is 1. The first-order valence-electron chi connectivity index (χ1n) is 5.67. The first-order chi connectivity index (χ1) is 7.38. The second kappa shape index (κ2) is 7.43. The Hall–Kier alpha value is -0.870. The van der Waals surface area contributed by atoms with Crippen LogP contribution in [0.5, 0.6) is 0 Å². The van der Waals surface area contributed by atoms with Gasteiger partial charge in [-0.2, -0.15) is 5.10 Å². The van der Waals surface area contributed by atoms with Crippen LogP contribution in [0.1, 0.15) is 26.0 Å². The number of ether oxygens (including phenoxy) is 1. The van der Waals surface area contributed by atoms with Crippen molar-refractivity contribution in [2.45, 2.75) is 33.4 Å². The quantitative estimate of drug-likeness (QED) is 0.661. The molecule has 4 heteroatoms. The van der Waals surface area contributed by atoms with Gasteiger partial charge in [0, 0.05) is 32.5 Å². The van der Waals surface area contributed by atoms with Crippen LogP contribution < -0.4 is 5.32 Å². The van der Waals surface area contributed by atoms with E-state index in [0.29, 0.717) is 0 Å². The molecule has 0 aromatic carbocycles. The minimum Gasteiger partial charge on any atom is -0.382 e. The highest BCUT2D eigenvalue weighted by molar-refractivity contribution is 4.99. The Morgan fingerprint density at radius 2 is 2.33 bits per heavy atom. The molecule has 15 heavy (non-hydrogen) atoms. The largest absolute Gasteiger partial charge is 0.382 e. The van der Waals surface area contributed by atoms with Gasteiger partial charge in [-0.1, -0.05) is 6.92 Å². The Bertz CT molecular complexity index is 260. The van der Waals surface area contributed by atoms with Crippen LogP contribution in [0.25, 0.3) is 0 Å². The second-order valence-corrected chi connectivity index (χ2v) is 3.38. The van der Waals surface area contributed by atoms with Gasteiger partial charge in [-0.25, -0.2) is 0 Å². The average molecular weight is 211 g/mol. The summed E-state index contributed by atoms with van der Waals surface area (Å²) in [7, 11) is 0. The highest BCUT2D eigenvalue weighted by atomic mass is 16.5. The third-order valence-electron chi connectivity index (χ3n) is 2.22. The Kier molecular flexibility index (Phi) is 6.04. The summed E-state index contributed by atoms with van der Waals surface area (Å²) in [4.78, 5) is 0. The number of aryl methyl sites for hydroxylation is 1. The minimum absolute atomic E-state index is 0.795. The van der Waals surface area contributed by atoms with Gasteiger partial charge < -0.3 is 10.1 Å². The van der Waals surface area contributed by atoms with Crippen molar-refractivity contribution in [2.75, 3.05) is 19.8 Å². The van der Waals surface area contributed by atoms with Crippen LogP contribution in [0.15, 0.2) is 12.3 Å². The third-order valence-corrected chi connectivity index (χ3v) is 2.22. The van der Waals surface area contributed by atoms with Crippen LogP contribution in [-0.2, 0) is 17.8 Å². The van der Waals surface area contributed by atoms with Gasteiger partial charge in [-0.3, -0.25) is 4.68 Å². The Balaban J connectivity index is 2.29. The van der Waals surface area contributed by atoms with E-state index in [-0.39, 0.29) is 0 Å². The number of hydrogen-bond acceptors (Lipinski definition) is 3. The lowest BCUT2D eigenvalue weighted by Gasteiger charge is -2.07. The van der Waals surface area contributed by atoms with E-state index in [2.05, 4.69) is 23.4 Å². The highest BCUT2D eigenvalue weighted by Gasteiger charge is 2.00. The number of nitrogens with zero attached hydrogens (tertiary/aromatic N) is 2. The Morgan fingerprint density at radius 3 is 3.07 bits per heavy atom. The predicted molar refractivity (Wildman–Crippen MR) is 60.7 cm³/mol. The molecule has 86 valence electrons. The van der Waals surface area contributed by atoms with Gasteiger partial charge in [-0.05, 0) is 26.0 Å². The summed E-state index contributed by atoms with van der Waals surface area (Å²) in [6.45, 7) is 8.56. The molecule has 1 aromatic heterocycles. The summed E-state index contributed by atoms with van der Waals surface area (Å²) >= 11 is 0. The Morgan fingerprint density at radius 1 is 1.47 bits per heavy atom. The van der Waals surface area contributed by atoms with Crippen LogP contribution in [0, 0.1) is 0 Å². The monoisotopic (exact) mass is 211 g/mol. The van der Waals surface area contributed by atoms with Crippen molar-refractivity contribution in [1.82, 2.24) is 15.1 Å². The molecular weight excluding hydrogens is 190 g/mol. The molecule has 0 bridgehead atoms. The fourth-order valence-corrected chi connectivity index (χ4v) is 1.43. The molecular formula is C11H21N3O. The van der Waals surface area contributed by atoms with Crippen molar-refractivity contribution in [3.05, 3.63) is 18.0 Å². The SMILES string of the molecule is CCNCc1ccnn1CCCOCC. The van der Waals surface area contributed by atoms with E-state index in [0.717, 1.165) is 39.3 Å². The van der Waals surface area contributed by atoms with Crippen molar-refractivity contribution < 1.29 is 4.74 Å². The lowest BCUT2D eigenvalue weighted by molar-refractivity contribution is 0.140. The van der Waals surface area contributed by atoms with Gasteiger partial charge in [0.2, 0.25) is 0 Å². The van der Waals surface area contributed by atoms with E-state index in [1.165, 1.54) is 5.69 Å². The number of aromatic nitrogens is 2. The molecule has 4 nitrogen and oxygen atoms in total. The number of hydrogen-bond donors (Lipinski definition) is 1. The Labute approximate surface area is 91.6 Å². The lowest BCUT2D eigenvalue weighted by Crippen LogP contribution is -2.16. The average Bonchev–Trinajstić information content (AvgIpc) is 2.69. The van der Waals surface area contributed by atoms with E-state index in [9.17, 15) is 0 Å². The summed E-state index contributed by atoms with van der Waals surface area (Å²) in [6, 6.07) is 2.06. The van der Waals surface area contributed by atoms with E-state index < -0.39 is 0 Å². The van der Waals surface area contributed by atoms with Crippen molar-refractivity contribution in [3.8, 4) is 0 Å². The molecule has 1 aromatic rings. The topological polar surface area (TPSA) is 39.1 Å². The maximum atomic E-state index is 5.30. The molecule has 0 unspecified atom stereocenters. The van der Waals surface area contributed by atoms with Crippen LogP contribution in [0.4, 0.5) is 0 Å². The van der Waals surface area contributed by atoms with E-state index >= 15 is 0 Å². The van der Waals surface area contributed by atoms with Gasteiger partial charge in [0.25, 0.3) is 0 Å². The molecule has 0 aliphatic rings. The molecule has 1 heterocycles. The fraction of sp³-hybridized carbons (Fsp3) is 0.727. The highest BCUT2D eigenvalue weighted by Crippen LogP contribution is 2.00. The molecule has 0 amide bonds. The maximum absolute atomic E-state index is 5.30. The van der Waals surface area contributed by atoms with Gasteiger partial charge >= 0.3 is 0 Å². The normalized spacial score (nSPS) is 10.8. The first kappa shape index (κ1) is 12.2. The summed E-state index contributed by atoms with van der Waals surface area (Å²) in [5, 5.41) is 7.59. The molecule has 0 saturated heterocycles. The van der Waals surface area contributed by atoms with Crippen LogP contribution in [0.2, 0.25) is 0 Å². The fourth-order valence-electron chi connectivity index (χ4n) is 1.43. The molecule has 1 rings (SSSR count). The molecule has 0 saturated carbocycles. The number of rotatable bonds is 8. The van der Waals surface area contributed by atoms with Crippen molar-refractivity contribution in [1.29, 1.82) is 0 Å². The first-order valence-corrected chi connectivity index (χ1v) is 5.67. The molecule has 0 fully saturated rings. The standard InChI is InChI=1S/C11H21N3O/c1-3-12-10-11-6-7-13-14(11)8-5-9-15-4-2/h6-7,12H,3-5,8-10H2,1-2H3. The van der Waals surface area contributed by atoms with Gasteiger partial charge in [0.05, 0.1) is 5.69 Å². The molecule has 0 spiro atoms. The van der Waals surface area contributed by atoms with Crippen molar-refractivity contribution >= 4 is 0 Å². The van der Waals surface area contributed by atoms with E-state index in [1.54, 1.807) is 0 Å². The maximum Gasteiger partial charge on any atom is 0.0522 e. The smallest absolute Gasteiger partial charge is 0.0522 e. The second-order valence-electron chi connectivity index (χ2n) is 3.38. The summed E-state index contributed by atoms with van der Waals surface area (Å²) in [5.41, 5.74) is 1.24. The van der Waals surface area contributed by atoms with Crippen molar-refractivity contribution in [3.63, 3.8) is 0 Å². The molecule has 0 aliphatic heterocycles. The van der Waals surface area contributed by atoms with Crippen LogP contribution in [0.3, 0.4) is 0 Å². The zero-order valence-electron chi connectivity index (χ0n) is 9.70. The lowest BCUT2D eigenvalue weighted by atomic mass is 10.4. The predicted octanol–water partition coefficient (Wildman–Crippen LogP) is 1.42. The van der Waals surface area contributed by atoms with Crippen molar-refractivity contribution in [2.24, 2.45) is 0 Å². The molecule has 1 N–H and O–H groups in total. The van der Waals surface area contributed by atoms with Crippen LogP contribution in [-0.4, -0.2) is 29.5 Å². The molecule has 0 radical (unpaired) electrons. The molecule has 0 atom stereocenters. The third kappa shape index (κ3) is 4.44. The summed E-state index contributed by atoms with van der Waals surface area (Å²) in [5.74, 6) is 0. The van der Waals surface area contributed by atoms with E-state index in [4.69, 9.17) is 4.74 Å². The summed E-state index contributed by atoms with van der Waals surface area (Å²) in [6.07, 6.45) is 2.88. The van der Waals surface area contributed by atoms with Crippen LogP contribution >= 0.6 is 0 Å².